The summed E-state index contributed by atoms with van der Waals surface area (Å²) in [5, 5.41) is 3.24. The highest BCUT2D eigenvalue weighted by Gasteiger charge is 2.02. The molecule has 0 fully saturated rings. The van der Waals surface area contributed by atoms with Gasteiger partial charge in [-0.1, -0.05) is 0 Å². The van der Waals surface area contributed by atoms with Gasteiger partial charge < -0.3 is 0 Å². The van der Waals surface area contributed by atoms with Crippen molar-refractivity contribution in [2.45, 2.75) is 13.5 Å². The van der Waals surface area contributed by atoms with E-state index in [1.807, 2.05) is 6.92 Å². The highest BCUT2D eigenvalue weighted by molar-refractivity contribution is 7.09. The van der Waals surface area contributed by atoms with E-state index in [0.29, 0.717) is 5.88 Å². The Hall–Kier alpha value is -0.120. The molecule has 1 aromatic rings. The fraction of sp³-hybridized carbons (Fsp3) is 0.625. The van der Waals surface area contributed by atoms with E-state index in [1.165, 1.54) is 5.01 Å². The Labute approximate surface area is 82.2 Å². The maximum Gasteiger partial charge on any atom is 0.107 e. The zero-order valence-electron chi connectivity index (χ0n) is 7.38. The van der Waals surface area contributed by atoms with Crippen LogP contribution >= 0.6 is 22.9 Å². The lowest BCUT2D eigenvalue weighted by molar-refractivity contribution is 0.347. The molecule has 0 atom stereocenters. The van der Waals surface area contributed by atoms with E-state index < -0.39 is 0 Å². The second-order valence-electron chi connectivity index (χ2n) is 2.81. The standard InChI is InChI=1S/C8H13ClN2S/c1-7-6-12-8(10-7)5-11(2)4-3-9/h6H,3-5H2,1-2H3. The zero-order valence-corrected chi connectivity index (χ0v) is 8.95. The Morgan fingerprint density at radius 1 is 1.67 bits per heavy atom. The van der Waals surface area contributed by atoms with Crippen molar-refractivity contribution in [3.63, 3.8) is 0 Å². The molecule has 0 saturated carbocycles. The van der Waals surface area contributed by atoms with Crippen molar-refractivity contribution in [1.82, 2.24) is 9.88 Å². The summed E-state index contributed by atoms with van der Waals surface area (Å²) >= 11 is 7.32. The van der Waals surface area contributed by atoms with Crippen molar-refractivity contribution < 1.29 is 0 Å². The molecule has 0 spiro atoms. The predicted octanol–water partition coefficient (Wildman–Crippen LogP) is 2.12. The maximum atomic E-state index is 5.61. The first kappa shape index (κ1) is 9.96. The quantitative estimate of drug-likeness (QED) is 0.699. The van der Waals surface area contributed by atoms with Crippen LogP contribution in [0.2, 0.25) is 0 Å². The summed E-state index contributed by atoms with van der Waals surface area (Å²) in [6.07, 6.45) is 0. The molecule has 0 aliphatic rings. The molecule has 1 aromatic heterocycles. The third-order valence-electron chi connectivity index (χ3n) is 1.54. The van der Waals surface area contributed by atoms with Gasteiger partial charge in [0.15, 0.2) is 0 Å². The number of hydrogen-bond acceptors (Lipinski definition) is 3. The molecule has 0 aliphatic carbocycles. The van der Waals surface area contributed by atoms with Gasteiger partial charge in [-0.15, -0.1) is 22.9 Å². The van der Waals surface area contributed by atoms with Gasteiger partial charge in [0.1, 0.15) is 5.01 Å². The van der Waals surface area contributed by atoms with Gasteiger partial charge in [-0.2, -0.15) is 0 Å². The molecule has 0 aliphatic heterocycles. The van der Waals surface area contributed by atoms with Gasteiger partial charge in [0.25, 0.3) is 0 Å². The lowest BCUT2D eigenvalue weighted by Crippen LogP contribution is -2.19. The minimum Gasteiger partial charge on any atom is -0.299 e. The Morgan fingerprint density at radius 2 is 2.42 bits per heavy atom. The Kier molecular flexibility index (Phi) is 3.98. The number of thiazole rings is 1. The molecule has 0 N–H and O–H groups in total. The van der Waals surface area contributed by atoms with E-state index in [2.05, 4.69) is 22.3 Å². The van der Waals surface area contributed by atoms with Gasteiger partial charge in [-0.3, -0.25) is 4.90 Å². The first-order valence-electron chi connectivity index (χ1n) is 3.88. The summed E-state index contributed by atoms with van der Waals surface area (Å²) in [6, 6.07) is 0. The van der Waals surface area contributed by atoms with Crippen molar-refractivity contribution in [3.05, 3.63) is 16.1 Å². The largest absolute Gasteiger partial charge is 0.299 e. The van der Waals surface area contributed by atoms with Crippen LogP contribution in [0.15, 0.2) is 5.38 Å². The molecule has 68 valence electrons. The summed E-state index contributed by atoms with van der Waals surface area (Å²) in [7, 11) is 2.05. The molecule has 1 rings (SSSR count). The van der Waals surface area contributed by atoms with Crippen LogP contribution in [0.3, 0.4) is 0 Å². The van der Waals surface area contributed by atoms with E-state index in [1.54, 1.807) is 11.3 Å². The van der Waals surface area contributed by atoms with Gasteiger partial charge in [0, 0.05) is 23.5 Å². The number of halogens is 1. The fourth-order valence-electron chi connectivity index (χ4n) is 0.930. The number of rotatable bonds is 4. The number of alkyl halides is 1. The molecule has 0 aromatic carbocycles. The Bertz CT molecular complexity index is 237. The highest BCUT2D eigenvalue weighted by Crippen LogP contribution is 2.10. The SMILES string of the molecule is Cc1csc(CN(C)CCCl)n1. The molecule has 2 nitrogen and oxygen atoms in total. The van der Waals surface area contributed by atoms with Crippen LogP contribution < -0.4 is 0 Å². The number of aromatic nitrogens is 1. The molecule has 0 radical (unpaired) electrons. The van der Waals surface area contributed by atoms with Gasteiger partial charge in [0.05, 0.1) is 6.54 Å². The summed E-state index contributed by atoms with van der Waals surface area (Å²) in [5.74, 6) is 0.681. The third-order valence-corrected chi connectivity index (χ3v) is 2.66. The predicted molar refractivity (Wildman–Crippen MR) is 53.9 cm³/mol. The normalized spacial score (nSPS) is 11.0. The van der Waals surface area contributed by atoms with Gasteiger partial charge in [-0.25, -0.2) is 4.98 Å². The van der Waals surface area contributed by atoms with Crippen LogP contribution in [0.4, 0.5) is 0 Å². The smallest absolute Gasteiger partial charge is 0.107 e. The summed E-state index contributed by atoms with van der Waals surface area (Å²) < 4.78 is 0. The topological polar surface area (TPSA) is 16.1 Å². The van der Waals surface area contributed by atoms with Crippen LogP contribution in [-0.4, -0.2) is 29.4 Å². The first-order chi connectivity index (χ1) is 5.72. The monoisotopic (exact) mass is 204 g/mol. The molecule has 12 heavy (non-hydrogen) atoms. The highest BCUT2D eigenvalue weighted by atomic mass is 35.5. The molecular weight excluding hydrogens is 192 g/mol. The second-order valence-corrected chi connectivity index (χ2v) is 4.13. The second kappa shape index (κ2) is 4.80. The molecular formula is C8H13ClN2S. The van der Waals surface area contributed by atoms with E-state index in [9.17, 15) is 0 Å². The summed E-state index contributed by atoms with van der Waals surface area (Å²) in [5.41, 5.74) is 1.11. The van der Waals surface area contributed by atoms with Crippen LogP contribution in [0.5, 0.6) is 0 Å². The Balaban J connectivity index is 2.41. The molecule has 0 saturated heterocycles. The van der Waals surface area contributed by atoms with E-state index in [0.717, 1.165) is 18.8 Å². The summed E-state index contributed by atoms with van der Waals surface area (Å²) in [6.45, 7) is 3.84. The zero-order chi connectivity index (χ0) is 8.97. The van der Waals surface area contributed by atoms with Crippen molar-refractivity contribution in [3.8, 4) is 0 Å². The molecule has 0 bridgehead atoms. The van der Waals surface area contributed by atoms with Crippen molar-refractivity contribution in [1.29, 1.82) is 0 Å². The minimum absolute atomic E-state index is 0.681. The first-order valence-corrected chi connectivity index (χ1v) is 5.29. The third kappa shape index (κ3) is 3.09. The lowest BCUT2D eigenvalue weighted by atomic mass is 10.5. The Morgan fingerprint density at radius 3 is 2.92 bits per heavy atom. The van der Waals surface area contributed by atoms with Crippen LogP contribution in [0.1, 0.15) is 10.7 Å². The number of aryl methyl sites for hydroxylation is 1. The fourth-order valence-corrected chi connectivity index (χ4v) is 2.07. The average Bonchev–Trinajstić information content (AvgIpc) is 2.36. The maximum absolute atomic E-state index is 5.61. The van der Waals surface area contributed by atoms with Crippen LogP contribution in [0.25, 0.3) is 0 Å². The van der Waals surface area contributed by atoms with Crippen LogP contribution in [-0.2, 0) is 6.54 Å². The molecule has 1 heterocycles. The average molecular weight is 205 g/mol. The number of hydrogen-bond donors (Lipinski definition) is 0. The van der Waals surface area contributed by atoms with Crippen LogP contribution in [0, 0.1) is 6.92 Å². The van der Waals surface area contributed by atoms with E-state index in [-0.39, 0.29) is 0 Å². The van der Waals surface area contributed by atoms with Crippen molar-refractivity contribution >= 4 is 22.9 Å². The van der Waals surface area contributed by atoms with Gasteiger partial charge in [-0.05, 0) is 14.0 Å². The molecule has 4 heteroatoms. The lowest BCUT2D eigenvalue weighted by Gasteiger charge is -2.11. The number of nitrogens with zero attached hydrogens (tertiary/aromatic N) is 2. The molecule has 0 unspecified atom stereocenters. The molecule has 0 amide bonds. The van der Waals surface area contributed by atoms with Crippen molar-refractivity contribution in [2.24, 2.45) is 0 Å². The van der Waals surface area contributed by atoms with Gasteiger partial charge in [0.2, 0.25) is 0 Å². The minimum atomic E-state index is 0.681. The van der Waals surface area contributed by atoms with E-state index in [4.69, 9.17) is 11.6 Å². The van der Waals surface area contributed by atoms with Crippen molar-refractivity contribution in [2.75, 3.05) is 19.5 Å². The summed E-state index contributed by atoms with van der Waals surface area (Å²) in [4.78, 5) is 6.54. The van der Waals surface area contributed by atoms with Gasteiger partial charge >= 0.3 is 0 Å². The van der Waals surface area contributed by atoms with E-state index >= 15 is 0 Å².